The molecule has 3 rings (SSSR count). The van der Waals surface area contributed by atoms with Crippen LogP contribution in [-0.2, 0) is 0 Å². The molecule has 23 heavy (non-hydrogen) atoms. The van der Waals surface area contributed by atoms with Crippen LogP contribution in [0.2, 0.25) is 0 Å². The molecule has 0 N–H and O–H groups in total. The summed E-state index contributed by atoms with van der Waals surface area (Å²) in [5.41, 5.74) is 1.97. The Morgan fingerprint density at radius 3 is 2.57 bits per heavy atom. The highest BCUT2D eigenvalue weighted by Crippen LogP contribution is 2.27. The first kappa shape index (κ1) is 15.8. The van der Waals surface area contributed by atoms with E-state index in [2.05, 4.69) is 33.8 Å². The molecule has 6 heteroatoms. The summed E-state index contributed by atoms with van der Waals surface area (Å²) in [6.45, 7) is 10.4. The third-order valence-corrected chi connectivity index (χ3v) is 4.40. The molecular weight excluding hydrogens is 292 g/mol. The summed E-state index contributed by atoms with van der Waals surface area (Å²) in [6, 6.07) is 6.49. The second kappa shape index (κ2) is 6.58. The van der Waals surface area contributed by atoms with Gasteiger partial charge in [0.25, 0.3) is 11.8 Å². The Labute approximate surface area is 137 Å². The highest BCUT2D eigenvalue weighted by molar-refractivity contribution is 5.58. The van der Waals surface area contributed by atoms with Crippen LogP contribution in [0.1, 0.15) is 19.4 Å². The standard InChI is InChI=1S/C17H24N4O2/c1-12(2)20-7-9-21(10-8-20)17-18-16(23-19-17)14-6-5-13(3)15(11-14)22-4/h5-6,11-12H,7-10H2,1-4H3. The van der Waals surface area contributed by atoms with Gasteiger partial charge in [0, 0.05) is 37.8 Å². The summed E-state index contributed by atoms with van der Waals surface area (Å²) in [7, 11) is 1.67. The van der Waals surface area contributed by atoms with Crippen LogP contribution in [0.15, 0.2) is 22.7 Å². The Morgan fingerprint density at radius 1 is 1.17 bits per heavy atom. The number of benzene rings is 1. The lowest BCUT2D eigenvalue weighted by Gasteiger charge is -2.36. The van der Waals surface area contributed by atoms with Crippen LogP contribution in [0.25, 0.3) is 11.5 Å². The number of rotatable bonds is 4. The van der Waals surface area contributed by atoms with Gasteiger partial charge in [0.15, 0.2) is 0 Å². The average molecular weight is 316 g/mol. The molecule has 0 saturated carbocycles. The smallest absolute Gasteiger partial charge is 0.266 e. The zero-order chi connectivity index (χ0) is 16.4. The molecule has 1 aliphatic heterocycles. The SMILES string of the molecule is COc1cc(-c2nc(N3CCN(C(C)C)CC3)no2)ccc1C. The fourth-order valence-electron chi connectivity index (χ4n) is 2.85. The first-order chi connectivity index (χ1) is 11.1. The molecule has 1 saturated heterocycles. The second-order valence-corrected chi connectivity index (χ2v) is 6.20. The van der Waals surface area contributed by atoms with Crippen molar-refractivity contribution in [2.24, 2.45) is 0 Å². The van der Waals surface area contributed by atoms with Crippen LogP contribution >= 0.6 is 0 Å². The normalized spacial score (nSPS) is 16.1. The van der Waals surface area contributed by atoms with Gasteiger partial charge < -0.3 is 14.2 Å². The number of methoxy groups -OCH3 is 1. The molecule has 124 valence electrons. The van der Waals surface area contributed by atoms with Gasteiger partial charge in [0.05, 0.1) is 7.11 Å². The Kier molecular flexibility index (Phi) is 4.52. The first-order valence-electron chi connectivity index (χ1n) is 8.06. The number of aryl methyl sites for hydroxylation is 1. The van der Waals surface area contributed by atoms with Gasteiger partial charge in [0.2, 0.25) is 0 Å². The summed E-state index contributed by atoms with van der Waals surface area (Å²) in [5, 5.41) is 4.14. The highest BCUT2D eigenvalue weighted by atomic mass is 16.5. The molecule has 1 aromatic carbocycles. The third kappa shape index (κ3) is 3.32. The van der Waals surface area contributed by atoms with Crippen LogP contribution in [0, 0.1) is 6.92 Å². The lowest BCUT2D eigenvalue weighted by molar-refractivity contribution is 0.208. The molecule has 2 aromatic rings. The molecule has 0 atom stereocenters. The molecule has 1 fully saturated rings. The van der Waals surface area contributed by atoms with Crippen molar-refractivity contribution in [3.05, 3.63) is 23.8 Å². The zero-order valence-corrected chi connectivity index (χ0v) is 14.2. The Balaban J connectivity index is 1.74. The van der Waals surface area contributed by atoms with Crippen molar-refractivity contribution in [2.75, 3.05) is 38.2 Å². The summed E-state index contributed by atoms with van der Waals surface area (Å²) in [4.78, 5) is 9.19. The summed E-state index contributed by atoms with van der Waals surface area (Å²) in [5.74, 6) is 2.03. The molecular formula is C17H24N4O2. The number of anilines is 1. The molecule has 0 aliphatic carbocycles. The van der Waals surface area contributed by atoms with Crippen LogP contribution in [0.5, 0.6) is 5.75 Å². The number of piperazine rings is 1. The molecule has 1 aromatic heterocycles. The molecule has 1 aliphatic rings. The van der Waals surface area contributed by atoms with Gasteiger partial charge in [0.1, 0.15) is 5.75 Å². The monoisotopic (exact) mass is 316 g/mol. The fourth-order valence-corrected chi connectivity index (χ4v) is 2.85. The van der Waals surface area contributed by atoms with Gasteiger partial charge >= 0.3 is 0 Å². The lowest BCUT2D eigenvalue weighted by atomic mass is 10.1. The number of hydrogen-bond donors (Lipinski definition) is 0. The van der Waals surface area contributed by atoms with E-state index in [0.717, 1.165) is 43.1 Å². The zero-order valence-electron chi connectivity index (χ0n) is 14.2. The van der Waals surface area contributed by atoms with E-state index in [0.29, 0.717) is 17.9 Å². The second-order valence-electron chi connectivity index (χ2n) is 6.20. The molecule has 6 nitrogen and oxygen atoms in total. The number of hydrogen-bond acceptors (Lipinski definition) is 6. The average Bonchev–Trinajstić information content (AvgIpc) is 3.05. The van der Waals surface area contributed by atoms with Gasteiger partial charge in [-0.25, -0.2) is 0 Å². The lowest BCUT2D eigenvalue weighted by Crippen LogP contribution is -2.49. The quantitative estimate of drug-likeness (QED) is 0.864. The minimum atomic E-state index is 0.532. The van der Waals surface area contributed by atoms with Crippen molar-refractivity contribution in [1.82, 2.24) is 15.0 Å². The largest absolute Gasteiger partial charge is 0.496 e. The number of ether oxygens (including phenoxy) is 1. The van der Waals surface area contributed by atoms with E-state index in [1.54, 1.807) is 7.11 Å². The number of aromatic nitrogens is 2. The van der Waals surface area contributed by atoms with Crippen molar-refractivity contribution >= 4 is 5.95 Å². The van der Waals surface area contributed by atoms with Crippen LogP contribution in [0.3, 0.4) is 0 Å². The van der Waals surface area contributed by atoms with Gasteiger partial charge in [-0.3, -0.25) is 4.90 Å². The first-order valence-corrected chi connectivity index (χ1v) is 8.06. The van der Waals surface area contributed by atoms with Crippen LogP contribution in [0.4, 0.5) is 5.95 Å². The van der Waals surface area contributed by atoms with Crippen LogP contribution < -0.4 is 9.64 Å². The van der Waals surface area contributed by atoms with Gasteiger partial charge in [-0.15, -0.1) is 0 Å². The molecule has 0 bridgehead atoms. The van der Waals surface area contributed by atoms with Crippen molar-refractivity contribution < 1.29 is 9.26 Å². The molecule has 0 spiro atoms. The molecule has 0 radical (unpaired) electrons. The molecule has 0 amide bonds. The third-order valence-electron chi connectivity index (χ3n) is 4.40. The predicted octanol–water partition coefficient (Wildman–Crippen LogP) is 2.58. The summed E-state index contributed by atoms with van der Waals surface area (Å²) in [6.07, 6.45) is 0. The number of nitrogens with zero attached hydrogens (tertiary/aromatic N) is 4. The Morgan fingerprint density at radius 2 is 1.91 bits per heavy atom. The fraction of sp³-hybridized carbons (Fsp3) is 0.529. The van der Waals surface area contributed by atoms with Crippen molar-refractivity contribution in [2.45, 2.75) is 26.8 Å². The van der Waals surface area contributed by atoms with Crippen molar-refractivity contribution in [3.63, 3.8) is 0 Å². The van der Waals surface area contributed by atoms with E-state index < -0.39 is 0 Å². The van der Waals surface area contributed by atoms with Crippen molar-refractivity contribution in [3.8, 4) is 17.2 Å². The van der Waals surface area contributed by atoms with Gasteiger partial charge in [-0.05, 0) is 43.6 Å². The Bertz CT molecular complexity index is 660. The topological polar surface area (TPSA) is 54.6 Å². The van der Waals surface area contributed by atoms with E-state index in [1.165, 1.54) is 0 Å². The summed E-state index contributed by atoms with van der Waals surface area (Å²) >= 11 is 0. The van der Waals surface area contributed by atoms with Gasteiger partial charge in [-0.1, -0.05) is 6.07 Å². The van der Waals surface area contributed by atoms with E-state index in [9.17, 15) is 0 Å². The van der Waals surface area contributed by atoms with Crippen molar-refractivity contribution in [1.29, 1.82) is 0 Å². The maximum absolute atomic E-state index is 5.45. The maximum Gasteiger partial charge on any atom is 0.266 e. The predicted molar refractivity (Wildman–Crippen MR) is 89.9 cm³/mol. The van der Waals surface area contributed by atoms with Gasteiger partial charge in [-0.2, -0.15) is 4.98 Å². The summed E-state index contributed by atoms with van der Waals surface area (Å²) < 4.78 is 10.8. The van der Waals surface area contributed by atoms with E-state index in [4.69, 9.17) is 9.26 Å². The maximum atomic E-state index is 5.45. The van der Waals surface area contributed by atoms with Crippen LogP contribution in [-0.4, -0.2) is 54.4 Å². The van der Waals surface area contributed by atoms with E-state index >= 15 is 0 Å². The molecule has 2 heterocycles. The van der Waals surface area contributed by atoms with E-state index in [1.807, 2.05) is 25.1 Å². The highest BCUT2D eigenvalue weighted by Gasteiger charge is 2.22. The Hall–Kier alpha value is -2.08. The van der Waals surface area contributed by atoms with E-state index in [-0.39, 0.29) is 0 Å². The molecule has 0 unspecified atom stereocenters. The minimum Gasteiger partial charge on any atom is -0.496 e. The minimum absolute atomic E-state index is 0.532.